The van der Waals surface area contributed by atoms with Crippen molar-refractivity contribution in [3.63, 3.8) is 0 Å². The van der Waals surface area contributed by atoms with Crippen molar-refractivity contribution in [3.8, 4) is 0 Å². The van der Waals surface area contributed by atoms with E-state index in [0.29, 0.717) is 19.6 Å². The smallest absolute Gasteiger partial charge is 0.224 e. The molecule has 0 saturated carbocycles. The molecule has 1 fully saturated rings. The minimum Gasteiger partial charge on any atom is -0.378 e. The summed E-state index contributed by atoms with van der Waals surface area (Å²) in [5.74, 6) is 1.000. The second-order valence-electron chi connectivity index (χ2n) is 4.63. The summed E-state index contributed by atoms with van der Waals surface area (Å²) in [6, 6.07) is 0.134. The lowest BCUT2D eigenvalue weighted by Crippen LogP contribution is -2.44. The Labute approximate surface area is 107 Å². The summed E-state index contributed by atoms with van der Waals surface area (Å²) in [6.07, 6.45) is 4.09. The summed E-state index contributed by atoms with van der Waals surface area (Å²) in [7, 11) is 3.73. The zero-order valence-electron chi connectivity index (χ0n) is 10.9. The number of ether oxygens (including phenoxy) is 1. The van der Waals surface area contributed by atoms with Crippen molar-refractivity contribution >= 4 is 5.91 Å². The van der Waals surface area contributed by atoms with Gasteiger partial charge in [-0.05, 0) is 0 Å². The summed E-state index contributed by atoms with van der Waals surface area (Å²) < 4.78 is 7.26. The summed E-state index contributed by atoms with van der Waals surface area (Å²) in [5.41, 5.74) is 0. The number of carbonyl (C=O) groups excluding carboxylic acids is 1. The van der Waals surface area contributed by atoms with Crippen LogP contribution in [0.2, 0.25) is 0 Å². The largest absolute Gasteiger partial charge is 0.378 e. The topological polar surface area (TPSA) is 59.4 Å². The number of rotatable bonds is 4. The maximum Gasteiger partial charge on any atom is 0.224 e. The molecule has 1 saturated heterocycles. The van der Waals surface area contributed by atoms with E-state index in [1.165, 1.54) is 0 Å². The molecular weight excluding hydrogens is 232 g/mol. The van der Waals surface area contributed by atoms with Crippen LogP contribution in [-0.4, -0.2) is 53.2 Å². The van der Waals surface area contributed by atoms with Gasteiger partial charge in [0.05, 0.1) is 19.8 Å². The van der Waals surface area contributed by atoms with E-state index in [1.807, 2.05) is 17.8 Å². The highest BCUT2D eigenvalue weighted by molar-refractivity contribution is 5.76. The number of hydrogen-bond donors (Lipinski definition) is 1. The van der Waals surface area contributed by atoms with Gasteiger partial charge in [-0.3, -0.25) is 4.79 Å². The number of nitrogens with one attached hydrogen (secondary N) is 1. The van der Waals surface area contributed by atoms with E-state index in [0.717, 1.165) is 19.0 Å². The third-order valence-electron chi connectivity index (χ3n) is 3.14. The molecule has 1 aromatic heterocycles. The van der Waals surface area contributed by atoms with Crippen molar-refractivity contribution in [2.24, 2.45) is 7.05 Å². The van der Waals surface area contributed by atoms with Crippen LogP contribution in [0.1, 0.15) is 12.2 Å². The average Bonchev–Trinajstić information content (AvgIpc) is 2.76. The van der Waals surface area contributed by atoms with E-state index in [1.54, 1.807) is 18.1 Å². The van der Waals surface area contributed by atoms with E-state index in [9.17, 15) is 4.79 Å². The fourth-order valence-electron chi connectivity index (χ4n) is 1.97. The Morgan fingerprint density at radius 3 is 3.17 bits per heavy atom. The Morgan fingerprint density at radius 1 is 1.72 bits per heavy atom. The van der Waals surface area contributed by atoms with Gasteiger partial charge in [0.2, 0.25) is 5.91 Å². The summed E-state index contributed by atoms with van der Waals surface area (Å²) in [5, 5.41) is 3.28. The summed E-state index contributed by atoms with van der Waals surface area (Å²) in [6.45, 7) is 2.70. The van der Waals surface area contributed by atoms with Crippen LogP contribution in [0, 0.1) is 0 Å². The highest BCUT2D eigenvalue weighted by Crippen LogP contribution is 2.05. The molecule has 2 heterocycles. The molecule has 1 unspecified atom stereocenters. The molecule has 1 atom stereocenters. The van der Waals surface area contributed by atoms with Crippen LogP contribution in [0.15, 0.2) is 12.4 Å². The van der Waals surface area contributed by atoms with Crippen LogP contribution in [0.5, 0.6) is 0 Å². The van der Waals surface area contributed by atoms with E-state index in [2.05, 4.69) is 10.3 Å². The van der Waals surface area contributed by atoms with Crippen molar-refractivity contribution in [1.82, 2.24) is 19.8 Å². The summed E-state index contributed by atoms with van der Waals surface area (Å²) in [4.78, 5) is 18.0. The molecule has 1 aliphatic heterocycles. The fourth-order valence-corrected chi connectivity index (χ4v) is 1.97. The standard InChI is InChI=1S/C12H20N4O2/c1-15-5-3-14-11(15)8-16(2)12(17)7-10-9-18-6-4-13-10/h3,5,10,13H,4,6-9H2,1-2H3. The number of aryl methyl sites for hydroxylation is 1. The maximum atomic E-state index is 12.0. The second kappa shape index (κ2) is 5.97. The Hall–Kier alpha value is -1.40. The molecule has 2 rings (SSSR count). The molecule has 0 aliphatic carbocycles. The highest BCUT2D eigenvalue weighted by atomic mass is 16.5. The molecule has 6 nitrogen and oxygen atoms in total. The molecule has 1 aliphatic rings. The maximum absolute atomic E-state index is 12.0. The first-order chi connectivity index (χ1) is 8.66. The number of morpholine rings is 1. The molecule has 0 bridgehead atoms. The molecule has 0 aromatic carbocycles. The second-order valence-corrected chi connectivity index (χ2v) is 4.63. The third-order valence-corrected chi connectivity index (χ3v) is 3.14. The minimum atomic E-state index is 0.112. The van der Waals surface area contributed by atoms with Gasteiger partial charge in [0.15, 0.2) is 0 Å². The first kappa shape index (κ1) is 13.0. The van der Waals surface area contributed by atoms with E-state index in [-0.39, 0.29) is 11.9 Å². The molecule has 18 heavy (non-hydrogen) atoms. The molecule has 1 N–H and O–H groups in total. The predicted molar refractivity (Wildman–Crippen MR) is 66.9 cm³/mol. The molecule has 0 spiro atoms. The average molecular weight is 252 g/mol. The Bertz CT molecular complexity index is 399. The monoisotopic (exact) mass is 252 g/mol. The number of carbonyl (C=O) groups is 1. The highest BCUT2D eigenvalue weighted by Gasteiger charge is 2.19. The zero-order valence-corrected chi connectivity index (χ0v) is 10.9. The first-order valence-electron chi connectivity index (χ1n) is 6.18. The predicted octanol–water partition coefficient (Wildman–Crippen LogP) is -0.243. The quantitative estimate of drug-likeness (QED) is 0.803. The van der Waals surface area contributed by atoms with Crippen LogP contribution < -0.4 is 5.32 Å². The number of imidazole rings is 1. The minimum absolute atomic E-state index is 0.112. The van der Waals surface area contributed by atoms with Crippen molar-refractivity contribution in [2.75, 3.05) is 26.8 Å². The lowest BCUT2D eigenvalue weighted by Gasteiger charge is -2.25. The van der Waals surface area contributed by atoms with Crippen LogP contribution in [-0.2, 0) is 23.1 Å². The summed E-state index contributed by atoms with van der Waals surface area (Å²) >= 11 is 0. The lowest BCUT2D eigenvalue weighted by molar-refractivity contribution is -0.131. The van der Waals surface area contributed by atoms with Crippen LogP contribution in [0.4, 0.5) is 0 Å². The Kier molecular flexibility index (Phi) is 4.33. The van der Waals surface area contributed by atoms with Crippen molar-refractivity contribution in [3.05, 3.63) is 18.2 Å². The van der Waals surface area contributed by atoms with Crippen molar-refractivity contribution in [2.45, 2.75) is 19.0 Å². The van der Waals surface area contributed by atoms with Crippen molar-refractivity contribution in [1.29, 1.82) is 0 Å². The molecule has 100 valence electrons. The number of nitrogens with zero attached hydrogens (tertiary/aromatic N) is 3. The normalized spacial score (nSPS) is 19.8. The van der Waals surface area contributed by atoms with Gasteiger partial charge >= 0.3 is 0 Å². The van der Waals surface area contributed by atoms with Gasteiger partial charge in [-0.2, -0.15) is 0 Å². The molecule has 0 radical (unpaired) electrons. The number of amides is 1. The molecule has 6 heteroatoms. The Balaban J connectivity index is 1.83. The van der Waals surface area contributed by atoms with Gasteiger partial charge < -0.3 is 19.5 Å². The molecule has 1 amide bonds. The molecular formula is C12H20N4O2. The number of hydrogen-bond acceptors (Lipinski definition) is 4. The first-order valence-corrected chi connectivity index (χ1v) is 6.18. The van der Waals surface area contributed by atoms with Gasteiger partial charge in [-0.1, -0.05) is 0 Å². The van der Waals surface area contributed by atoms with E-state index >= 15 is 0 Å². The Morgan fingerprint density at radius 2 is 2.56 bits per heavy atom. The van der Waals surface area contributed by atoms with Crippen LogP contribution >= 0.6 is 0 Å². The lowest BCUT2D eigenvalue weighted by atomic mass is 10.2. The fraction of sp³-hybridized carbons (Fsp3) is 0.667. The number of aromatic nitrogens is 2. The van der Waals surface area contributed by atoms with E-state index in [4.69, 9.17) is 4.74 Å². The van der Waals surface area contributed by atoms with Crippen LogP contribution in [0.25, 0.3) is 0 Å². The van der Waals surface area contributed by atoms with Gasteiger partial charge in [0, 0.05) is 45.5 Å². The van der Waals surface area contributed by atoms with Crippen LogP contribution in [0.3, 0.4) is 0 Å². The van der Waals surface area contributed by atoms with Gasteiger partial charge in [0.25, 0.3) is 0 Å². The van der Waals surface area contributed by atoms with Gasteiger partial charge in [-0.15, -0.1) is 0 Å². The SMILES string of the molecule is CN(Cc1nccn1C)C(=O)CC1COCCN1. The van der Waals surface area contributed by atoms with E-state index < -0.39 is 0 Å². The molecule has 1 aromatic rings. The van der Waals surface area contributed by atoms with Gasteiger partial charge in [-0.25, -0.2) is 4.98 Å². The third kappa shape index (κ3) is 3.30. The van der Waals surface area contributed by atoms with Gasteiger partial charge in [0.1, 0.15) is 5.82 Å². The zero-order chi connectivity index (χ0) is 13.0. The van der Waals surface area contributed by atoms with Crippen molar-refractivity contribution < 1.29 is 9.53 Å².